The quantitative estimate of drug-likeness (QED) is 0.137. The number of rotatable bonds is 5. The molecule has 0 saturated carbocycles. The van der Waals surface area contributed by atoms with E-state index in [1.807, 2.05) is 0 Å². The molecule has 0 amide bonds. The van der Waals surface area contributed by atoms with E-state index in [2.05, 4.69) is 213 Å². The van der Waals surface area contributed by atoms with Crippen molar-refractivity contribution in [1.82, 2.24) is 10.6 Å². The molecule has 2 unspecified atom stereocenters. The molecule has 1 heterocycles. The number of nitrogens with zero attached hydrogens (tertiary/aromatic N) is 1. The van der Waals surface area contributed by atoms with Crippen molar-refractivity contribution < 1.29 is 0 Å². The van der Waals surface area contributed by atoms with Crippen molar-refractivity contribution in [3.63, 3.8) is 0 Å². The van der Waals surface area contributed by atoms with Gasteiger partial charge in [0.1, 0.15) is 18.2 Å². The zero-order valence-corrected chi connectivity index (χ0v) is 32.0. The Bertz CT molecular complexity index is 3050. The molecular formula is C54H41N3. The summed E-state index contributed by atoms with van der Waals surface area (Å²) < 4.78 is 0. The molecule has 11 rings (SSSR count). The highest BCUT2D eigenvalue weighted by Gasteiger charge is 2.38. The highest BCUT2D eigenvalue weighted by atomic mass is 15.3. The summed E-state index contributed by atoms with van der Waals surface area (Å²) in [7, 11) is 0. The number of aliphatic imine (C=N–C) groups is 1. The van der Waals surface area contributed by atoms with Crippen molar-refractivity contribution in [3.05, 3.63) is 216 Å². The predicted octanol–water partition coefficient (Wildman–Crippen LogP) is 13.1. The first-order valence-electron chi connectivity index (χ1n) is 19.9. The minimum Gasteiger partial charge on any atom is -0.350 e. The van der Waals surface area contributed by atoms with Crippen molar-refractivity contribution in [1.29, 1.82) is 0 Å². The Morgan fingerprint density at radius 2 is 1.11 bits per heavy atom. The van der Waals surface area contributed by atoms with E-state index in [0.29, 0.717) is 0 Å². The lowest BCUT2D eigenvalue weighted by atomic mass is 9.78. The normalized spacial score (nSPS) is 16.9. The molecule has 1 aliphatic heterocycles. The van der Waals surface area contributed by atoms with Gasteiger partial charge in [-0.3, -0.25) is 5.32 Å². The van der Waals surface area contributed by atoms with Crippen LogP contribution in [0.25, 0.3) is 65.7 Å². The Labute approximate surface area is 333 Å². The Morgan fingerprint density at radius 1 is 0.474 bits per heavy atom. The van der Waals surface area contributed by atoms with Gasteiger partial charge in [0, 0.05) is 11.0 Å². The molecule has 0 spiro atoms. The van der Waals surface area contributed by atoms with Gasteiger partial charge in [0.2, 0.25) is 0 Å². The van der Waals surface area contributed by atoms with Gasteiger partial charge in [-0.25, -0.2) is 4.99 Å². The van der Waals surface area contributed by atoms with Gasteiger partial charge >= 0.3 is 0 Å². The van der Waals surface area contributed by atoms with Crippen LogP contribution < -0.4 is 10.6 Å². The van der Waals surface area contributed by atoms with Crippen molar-refractivity contribution >= 4 is 38.2 Å². The largest absolute Gasteiger partial charge is 0.350 e. The van der Waals surface area contributed by atoms with Crippen LogP contribution in [0.2, 0.25) is 0 Å². The van der Waals surface area contributed by atoms with Crippen molar-refractivity contribution in [2.45, 2.75) is 31.6 Å². The predicted molar refractivity (Wildman–Crippen MR) is 239 cm³/mol. The Kier molecular flexibility index (Phi) is 7.74. The maximum Gasteiger partial charge on any atom is 0.131 e. The minimum absolute atomic E-state index is 0.136. The molecule has 2 aliphatic rings. The first kappa shape index (κ1) is 33.5. The lowest BCUT2D eigenvalue weighted by molar-refractivity contribution is 0.409. The SMILES string of the molecule is CC1(C)c2ccccc2-c2cccc(-c3ccccc3C3N=C(c4ccc(-c5c6ccccc6cc6c5ccc5ccccc56)cc4)NC(c4ccccc4)N3)c21. The summed E-state index contributed by atoms with van der Waals surface area (Å²) in [6.45, 7) is 4.72. The minimum atomic E-state index is -0.291. The van der Waals surface area contributed by atoms with Crippen LogP contribution in [0, 0.1) is 0 Å². The van der Waals surface area contributed by atoms with E-state index in [1.54, 1.807) is 0 Å². The molecule has 3 heteroatoms. The molecule has 3 nitrogen and oxygen atoms in total. The van der Waals surface area contributed by atoms with Gasteiger partial charge in [0.25, 0.3) is 0 Å². The number of benzene rings is 9. The maximum absolute atomic E-state index is 5.48. The highest BCUT2D eigenvalue weighted by Crippen LogP contribution is 2.52. The molecule has 0 aromatic heterocycles. The van der Waals surface area contributed by atoms with Crippen molar-refractivity contribution in [3.8, 4) is 33.4 Å². The van der Waals surface area contributed by atoms with Crippen molar-refractivity contribution in [2.24, 2.45) is 4.99 Å². The zero-order valence-electron chi connectivity index (χ0n) is 32.0. The van der Waals surface area contributed by atoms with Gasteiger partial charge < -0.3 is 5.32 Å². The Hall–Kier alpha value is -6.81. The molecule has 9 aromatic rings. The van der Waals surface area contributed by atoms with Gasteiger partial charge in [-0.1, -0.05) is 196 Å². The van der Waals surface area contributed by atoms with E-state index in [0.717, 1.165) is 22.5 Å². The smallest absolute Gasteiger partial charge is 0.131 e. The summed E-state index contributed by atoms with van der Waals surface area (Å²) in [6.07, 6.45) is -0.436. The maximum atomic E-state index is 5.48. The summed E-state index contributed by atoms with van der Waals surface area (Å²) in [5.74, 6) is 0.869. The summed E-state index contributed by atoms with van der Waals surface area (Å²) in [6, 6.07) is 68.5. The molecule has 2 atom stereocenters. The second-order valence-electron chi connectivity index (χ2n) is 16.0. The van der Waals surface area contributed by atoms with Crippen LogP contribution >= 0.6 is 0 Å². The molecule has 0 bridgehead atoms. The third kappa shape index (κ3) is 5.42. The zero-order chi connectivity index (χ0) is 38.1. The first-order chi connectivity index (χ1) is 28.0. The second kappa shape index (κ2) is 13.2. The fourth-order valence-corrected chi connectivity index (χ4v) is 9.66. The van der Waals surface area contributed by atoms with Crippen LogP contribution in [0.4, 0.5) is 0 Å². The topological polar surface area (TPSA) is 36.4 Å². The molecule has 1 aliphatic carbocycles. The van der Waals surface area contributed by atoms with Gasteiger partial charge in [-0.15, -0.1) is 0 Å². The number of hydrogen-bond acceptors (Lipinski definition) is 3. The fraction of sp³-hybridized carbons (Fsp3) is 0.0926. The fourth-order valence-electron chi connectivity index (χ4n) is 9.66. The van der Waals surface area contributed by atoms with Crippen LogP contribution in [0.3, 0.4) is 0 Å². The van der Waals surface area contributed by atoms with E-state index in [1.165, 1.54) is 76.8 Å². The number of hydrogen-bond donors (Lipinski definition) is 2. The van der Waals surface area contributed by atoms with Gasteiger partial charge in [0.05, 0.1) is 0 Å². The molecule has 9 aromatic carbocycles. The van der Waals surface area contributed by atoms with Gasteiger partial charge in [-0.05, 0) is 94.0 Å². The molecule has 0 fully saturated rings. The number of fused-ring (bicyclic) bond motifs is 7. The van der Waals surface area contributed by atoms with Crippen molar-refractivity contribution in [2.75, 3.05) is 0 Å². The average molecular weight is 732 g/mol. The second-order valence-corrected chi connectivity index (χ2v) is 16.0. The van der Waals surface area contributed by atoms with Crippen LogP contribution in [-0.2, 0) is 5.41 Å². The average Bonchev–Trinajstić information content (AvgIpc) is 3.51. The van der Waals surface area contributed by atoms with E-state index >= 15 is 0 Å². The monoisotopic (exact) mass is 731 g/mol. The number of nitrogens with one attached hydrogen (secondary N) is 2. The van der Waals surface area contributed by atoms with E-state index in [-0.39, 0.29) is 17.7 Å². The Balaban J connectivity index is 1.04. The van der Waals surface area contributed by atoms with E-state index < -0.39 is 0 Å². The van der Waals surface area contributed by atoms with Gasteiger partial charge in [-0.2, -0.15) is 0 Å². The third-order valence-electron chi connectivity index (χ3n) is 12.3. The van der Waals surface area contributed by atoms with Gasteiger partial charge in [0.15, 0.2) is 0 Å². The summed E-state index contributed by atoms with van der Waals surface area (Å²) in [5.41, 5.74) is 13.5. The molecular weight excluding hydrogens is 691 g/mol. The Morgan fingerprint density at radius 3 is 1.93 bits per heavy atom. The molecule has 0 radical (unpaired) electrons. The molecule has 57 heavy (non-hydrogen) atoms. The third-order valence-corrected chi connectivity index (χ3v) is 12.3. The molecule has 2 N–H and O–H groups in total. The lowest BCUT2D eigenvalue weighted by Gasteiger charge is -2.33. The summed E-state index contributed by atoms with van der Waals surface area (Å²) in [4.78, 5) is 5.48. The standard InChI is InChI=1S/C54H41N3/c1-54(2)48-26-13-12-22-42(48)45-25-14-24-44(50(45)54)41-21-10-11-23-46(41)53-56-51(36-16-4-3-5-17-36)55-52(57-53)37-29-27-35(28-30-37)49-40-20-9-7-18-38(40)33-47-39-19-8-6-15-34(39)31-32-43(47)49/h3-33,51,53,56H,1-2H3,(H,55,57). The van der Waals surface area contributed by atoms with E-state index in [9.17, 15) is 0 Å². The summed E-state index contributed by atoms with van der Waals surface area (Å²) >= 11 is 0. The van der Waals surface area contributed by atoms with E-state index in [4.69, 9.17) is 4.99 Å². The van der Waals surface area contributed by atoms with Crippen LogP contribution in [0.1, 0.15) is 54.0 Å². The number of amidine groups is 1. The lowest BCUT2D eigenvalue weighted by Crippen LogP contribution is -2.45. The summed E-state index contributed by atoms with van der Waals surface area (Å²) in [5, 5.41) is 15.3. The van der Waals surface area contributed by atoms with Crippen LogP contribution in [-0.4, -0.2) is 5.84 Å². The highest BCUT2D eigenvalue weighted by molar-refractivity contribution is 6.20. The van der Waals surface area contributed by atoms with Crippen LogP contribution in [0.15, 0.2) is 193 Å². The molecule has 272 valence electrons. The molecule has 0 saturated heterocycles. The first-order valence-corrected chi connectivity index (χ1v) is 19.9. The van der Waals surface area contributed by atoms with Crippen LogP contribution in [0.5, 0.6) is 0 Å².